The van der Waals surface area contributed by atoms with Crippen LogP contribution in [0.2, 0.25) is 0 Å². The SMILES string of the molecule is Cc1cc(C(C)(C)C)c(O)c(C)c1CP(=O)(OCCCl)OCCCl. The van der Waals surface area contributed by atoms with Gasteiger partial charge in [0.2, 0.25) is 0 Å². The molecule has 0 amide bonds. The van der Waals surface area contributed by atoms with Crippen molar-refractivity contribution < 1.29 is 18.7 Å². The number of phenols is 1. The fourth-order valence-corrected chi connectivity index (χ4v) is 4.74. The van der Waals surface area contributed by atoms with E-state index in [2.05, 4.69) is 0 Å². The van der Waals surface area contributed by atoms with Crippen LogP contribution in [0, 0.1) is 13.8 Å². The third-order valence-electron chi connectivity index (χ3n) is 3.79. The van der Waals surface area contributed by atoms with Crippen molar-refractivity contribution in [3.63, 3.8) is 0 Å². The summed E-state index contributed by atoms with van der Waals surface area (Å²) in [4.78, 5) is 0. The summed E-state index contributed by atoms with van der Waals surface area (Å²) in [6.07, 6.45) is 0.0798. The molecule has 0 aliphatic rings. The zero-order valence-electron chi connectivity index (χ0n) is 15.0. The monoisotopic (exact) mass is 396 g/mol. The van der Waals surface area contributed by atoms with Gasteiger partial charge in [0.15, 0.2) is 0 Å². The second-order valence-electron chi connectivity index (χ2n) is 6.76. The molecule has 0 heterocycles. The summed E-state index contributed by atoms with van der Waals surface area (Å²) in [7, 11) is -3.38. The van der Waals surface area contributed by atoms with E-state index >= 15 is 0 Å². The predicted molar refractivity (Wildman–Crippen MR) is 101 cm³/mol. The van der Waals surface area contributed by atoms with Crippen LogP contribution in [-0.2, 0) is 25.2 Å². The standard InChI is InChI=1S/C17H27Cl2O4P/c1-12-10-15(17(3,4)5)16(20)13(2)14(12)11-24(21,22-8-6-18)23-9-7-19/h10,20H,6-9,11H2,1-5H3. The Kier molecular flexibility index (Phi) is 8.09. The lowest BCUT2D eigenvalue weighted by molar-refractivity contribution is 0.221. The first-order valence-corrected chi connectivity index (χ1v) is 10.7. The van der Waals surface area contributed by atoms with Gasteiger partial charge in [0, 0.05) is 11.8 Å². The molecular weight excluding hydrogens is 370 g/mol. The summed E-state index contributed by atoms with van der Waals surface area (Å²) in [6.45, 7) is 10.1. The van der Waals surface area contributed by atoms with Crippen LogP contribution >= 0.6 is 30.8 Å². The maximum Gasteiger partial charge on any atom is 0.335 e. The summed E-state index contributed by atoms with van der Waals surface area (Å²) >= 11 is 11.3. The first-order valence-electron chi connectivity index (χ1n) is 7.88. The number of aryl methyl sites for hydroxylation is 1. The Hall–Kier alpha value is -0.250. The molecule has 0 atom stereocenters. The van der Waals surface area contributed by atoms with Crippen molar-refractivity contribution in [3.8, 4) is 5.75 Å². The zero-order valence-corrected chi connectivity index (χ0v) is 17.4. The van der Waals surface area contributed by atoms with Gasteiger partial charge in [0.1, 0.15) is 5.75 Å². The van der Waals surface area contributed by atoms with Crippen LogP contribution in [0.5, 0.6) is 5.75 Å². The lowest BCUT2D eigenvalue weighted by Crippen LogP contribution is -2.14. The molecule has 1 aromatic rings. The Morgan fingerprint density at radius 2 is 1.62 bits per heavy atom. The maximum atomic E-state index is 13.0. The lowest BCUT2D eigenvalue weighted by atomic mass is 9.83. The molecule has 0 fully saturated rings. The van der Waals surface area contributed by atoms with E-state index in [1.165, 1.54) is 0 Å². The van der Waals surface area contributed by atoms with Crippen LogP contribution in [0.15, 0.2) is 6.07 Å². The summed E-state index contributed by atoms with van der Waals surface area (Å²) in [6, 6.07) is 1.94. The number of hydrogen-bond donors (Lipinski definition) is 1. The Morgan fingerprint density at radius 3 is 2.04 bits per heavy atom. The van der Waals surface area contributed by atoms with Gasteiger partial charge < -0.3 is 14.2 Å². The molecule has 138 valence electrons. The van der Waals surface area contributed by atoms with E-state index in [0.717, 1.165) is 16.7 Å². The molecule has 24 heavy (non-hydrogen) atoms. The second kappa shape index (κ2) is 8.91. The molecule has 0 radical (unpaired) electrons. The van der Waals surface area contributed by atoms with Crippen molar-refractivity contribution in [1.29, 1.82) is 0 Å². The van der Waals surface area contributed by atoms with Gasteiger partial charge in [0.05, 0.1) is 19.4 Å². The third-order valence-corrected chi connectivity index (χ3v) is 5.95. The Bertz CT molecular complexity index is 600. The van der Waals surface area contributed by atoms with Gasteiger partial charge in [-0.3, -0.25) is 4.57 Å². The first kappa shape index (κ1) is 21.8. The number of alkyl halides is 2. The van der Waals surface area contributed by atoms with Crippen molar-refractivity contribution in [3.05, 3.63) is 28.3 Å². The van der Waals surface area contributed by atoms with Crippen LogP contribution in [0.25, 0.3) is 0 Å². The average Bonchev–Trinajstić information content (AvgIpc) is 2.50. The van der Waals surface area contributed by atoms with Crippen molar-refractivity contribution >= 4 is 30.8 Å². The Morgan fingerprint density at radius 1 is 1.12 bits per heavy atom. The number of phenolic OH excluding ortho intramolecular Hbond substituents is 1. The molecule has 0 spiro atoms. The van der Waals surface area contributed by atoms with E-state index in [0.29, 0.717) is 5.56 Å². The van der Waals surface area contributed by atoms with Gasteiger partial charge in [0.25, 0.3) is 0 Å². The van der Waals surface area contributed by atoms with Gasteiger partial charge in [-0.05, 0) is 41.5 Å². The van der Waals surface area contributed by atoms with Crippen LogP contribution in [-0.4, -0.2) is 30.1 Å². The first-order chi connectivity index (χ1) is 11.1. The van der Waals surface area contributed by atoms with Gasteiger partial charge in [-0.2, -0.15) is 0 Å². The summed E-state index contributed by atoms with van der Waals surface area (Å²) in [5.74, 6) is 0.671. The number of hydrogen-bond acceptors (Lipinski definition) is 4. The van der Waals surface area contributed by atoms with Crippen LogP contribution in [0.3, 0.4) is 0 Å². The largest absolute Gasteiger partial charge is 0.507 e. The van der Waals surface area contributed by atoms with Crippen molar-refractivity contribution in [2.45, 2.75) is 46.2 Å². The Labute approximate surface area is 155 Å². The minimum atomic E-state index is -3.38. The molecule has 0 aromatic heterocycles. The van der Waals surface area contributed by atoms with Crippen molar-refractivity contribution in [2.24, 2.45) is 0 Å². The highest BCUT2D eigenvalue weighted by atomic mass is 35.5. The zero-order chi connectivity index (χ0) is 18.5. The molecular formula is C17H27Cl2O4P. The maximum absolute atomic E-state index is 13.0. The molecule has 0 saturated heterocycles. The number of rotatable bonds is 8. The lowest BCUT2D eigenvalue weighted by Gasteiger charge is -2.25. The van der Waals surface area contributed by atoms with E-state index < -0.39 is 7.60 Å². The van der Waals surface area contributed by atoms with Crippen LogP contribution in [0.1, 0.15) is 43.0 Å². The predicted octanol–water partition coefficient (Wildman–Crippen LogP) is 5.51. The van der Waals surface area contributed by atoms with Crippen LogP contribution < -0.4 is 0 Å². The average molecular weight is 397 g/mol. The number of halogens is 2. The minimum absolute atomic E-state index is 0.0798. The molecule has 0 saturated carbocycles. The van der Waals surface area contributed by atoms with Gasteiger partial charge in [-0.15, -0.1) is 23.2 Å². The fourth-order valence-electron chi connectivity index (χ4n) is 2.50. The highest BCUT2D eigenvalue weighted by Crippen LogP contribution is 2.53. The highest BCUT2D eigenvalue weighted by molar-refractivity contribution is 7.53. The van der Waals surface area contributed by atoms with Gasteiger partial charge in [-0.1, -0.05) is 26.8 Å². The van der Waals surface area contributed by atoms with Crippen molar-refractivity contribution in [2.75, 3.05) is 25.0 Å². The topological polar surface area (TPSA) is 55.8 Å². The number of benzene rings is 1. The Balaban J connectivity index is 3.25. The quantitative estimate of drug-likeness (QED) is 0.464. The normalized spacial score (nSPS) is 12.6. The van der Waals surface area contributed by atoms with E-state index in [1.807, 2.05) is 40.7 Å². The molecule has 0 bridgehead atoms. The molecule has 7 heteroatoms. The highest BCUT2D eigenvalue weighted by Gasteiger charge is 2.29. The molecule has 1 aromatic carbocycles. The summed E-state index contributed by atoms with van der Waals surface area (Å²) in [5.41, 5.74) is 3.09. The molecule has 1 N–H and O–H groups in total. The molecule has 0 aliphatic heterocycles. The van der Waals surface area contributed by atoms with Crippen LogP contribution in [0.4, 0.5) is 0 Å². The van der Waals surface area contributed by atoms with E-state index in [9.17, 15) is 9.67 Å². The smallest absolute Gasteiger partial charge is 0.335 e. The fraction of sp³-hybridized carbons (Fsp3) is 0.647. The molecule has 4 nitrogen and oxygen atoms in total. The minimum Gasteiger partial charge on any atom is -0.507 e. The van der Waals surface area contributed by atoms with Gasteiger partial charge in [-0.25, -0.2) is 0 Å². The molecule has 0 unspecified atom stereocenters. The van der Waals surface area contributed by atoms with E-state index in [-0.39, 0.29) is 42.3 Å². The van der Waals surface area contributed by atoms with E-state index in [1.54, 1.807) is 0 Å². The molecule has 1 rings (SSSR count). The summed E-state index contributed by atoms with van der Waals surface area (Å²) in [5, 5.41) is 10.6. The molecule has 0 aliphatic carbocycles. The second-order valence-corrected chi connectivity index (χ2v) is 9.57. The number of aromatic hydroxyl groups is 1. The van der Waals surface area contributed by atoms with E-state index in [4.69, 9.17) is 32.2 Å². The van der Waals surface area contributed by atoms with Gasteiger partial charge >= 0.3 is 7.60 Å². The third kappa shape index (κ3) is 5.64. The van der Waals surface area contributed by atoms with Crippen molar-refractivity contribution in [1.82, 2.24) is 0 Å². The summed E-state index contributed by atoms with van der Waals surface area (Å²) < 4.78 is 23.7.